The van der Waals surface area contributed by atoms with E-state index in [4.69, 9.17) is 0 Å². The number of amides is 3. The van der Waals surface area contributed by atoms with Crippen molar-refractivity contribution in [2.45, 2.75) is 32.4 Å². The molecule has 3 amide bonds. The summed E-state index contributed by atoms with van der Waals surface area (Å²) in [4.78, 5) is 26.5. The number of carbonyl (C=O) groups is 2. The van der Waals surface area contributed by atoms with Crippen molar-refractivity contribution in [3.63, 3.8) is 0 Å². The van der Waals surface area contributed by atoms with Crippen molar-refractivity contribution < 1.29 is 9.59 Å². The predicted octanol–water partition coefficient (Wildman–Crippen LogP) is 5.20. The van der Waals surface area contributed by atoms with Crippen LogP contribution < -0.4 is 10.6 Å². The van der Waals surface area contributed by atoms with Crippen LogP contribution in [0.5, 0.6) is 0 Å². The number of rotatable bonds is 6. The number of nitrogens with zero attached hydrogens (tertiary/aromatic N) is 1. The molecule has 3 aromatic carbocycles. The minimum atomic E-state index is -0.121. The predicted molar refractivity (Wildman–Crippen MR) is 119 cm³/mol. The molecule has 0 unspecified atom stereocenters. The molecule has 1 aliphatic heterocycles. The number of aryl methyl sites for hydroxylation is 1. The SMILES string of the molecule is O=C(CCCc1ccccc1)Nc1ccc(NC(=O)N2Cc3ccccc3C2)cc1. The molecule has 5 nitrogen and oxygen atoms in total. The Kier molecular flexibility index (Phi) is 6.09. The molecule has 0 saturated heterocycles. The van der Waals surface area contributed by atoms with Crippen molar-refractivity contribution in [3.05, 3.63) is 95.6 Å². The molecule has 0 atom stereocenters. The van der Waals surface area contributed by atoms with Crippen LogP contribution in [0, 0.1) is 0 Å². The van der Waals surface area contributed by atoms with Gasteiger partial charge in [0.1, 0.15) is 0 Å². The first-order valence-electron chi connectivity index (χ1n) is 10.2. The highest BCUT2D eigenvalue weighted by molar-refractivity contribution is 5.92. The standard InChI is InChI=1S/C25H25N3O2/c29-24(12-6-9-19-7-2-1-3-8-19)26-22-13-15-23(16-14-22)27-25(30)28-17-20-10-4-5-11-21(20)18-28/h1-5,7-8,10-11,13-16H,6,9,12,17-18H2,(H,26,29)(H,27,30). The van der Waals surface area contributed by atoms with Gasteiger partial charge in [-0.15, -0.1) is 0 Å². The van der Waals surface area contributed by atoms with Crippen LogP contribution >= 0.6 is 0 Å². The molecule has 0 saturated carbocycles. The molecule has 0 radical (unpaired) electrons. The van der Waals surface area contributed by atoms with E-state index in [1.807, 2.05) is 42.5 Å². The lowest BCUT2D eigenvalue weighted by Crippen LogP contribution is -2.30. The maximum absolute atomic E-state index is 12.5. The highest BCUT2D eigenvalue weighted by atomic mass is 16.2. The van der Waals surface area contributed by atoms with Crippen LogP contribution in [0.1, 0.15) is 29.5 Å². The smallest absolute Gasteiger partial charge is 0.322 e. The normalized spacial score (nSPS) is 12.3. The minimum Gasteiger partial charge on any atom is -0.326 e. The van der Waals surface area contributed by atoms with Crippen LogP contribution in [0.15, 0.2) is 78.9 Å². The second kappa shape index (κ2) is 9.27. The number of hydrogen-bond donors (Lipinski definition) is 2. The highest BCUT2D eigenvalue weighted by Gasteiger charge is 2.22. The number of carbonyl (C=O) groups excluding carboxylic acids is 2. The zero-order valence-electron chi connectivity index (χ0n) is 16.8. The monoisotopic (exact) mass is 399 g/mol. The molecule has 1 heterocycles. The molecular formula is C25H25N3O2. The third-order valence-electron chi connectivity index (χ3n) is 5.26. The Hall–Kier alpha value is -3.60. The maximum Gasteiger partial charge on any atom is 0.322 e. The first-order chi connectivity index (χ1) is 14.7. The minimum absolute atomic E-state index is 0.00227. The van der Waals surface area contributed by atoms with Crippen LogP contribution in [0.4, 0.5) is 16.2 Å². The van der Waals surface area contributed by atoms with Gasteiger partial charge in [-0.25, -0.2) is 4.79 Å². The molecular weight excluding hydrogens is 374 g/mol. The van der Waals surface area contributed by atoms with Gasteiger partial charge in [0.05, 0.1) is 0 Å². The fourth-order valence-electron chi connectivity index (χ4n) is 3.64. The summed E-state index contributed by atoms with van der Waals surface area (Å²) in [6.45, 7) is 1.25. The fraction of sp³-hybridized carbons (Fsp3) is 0.200. The van der Waals surface area contributed by atoms with E-state index in [1.54, 1.807) is 17.0 Å². The molecule has 0 aliphatic carbocycles. The second-order valence-corrected chi connectivity index (χ2v) is 7.52. The summed E-state index contributed by atoms with van der Waals surface area (Å²) in [6.07, 6.45) is 2.17. The summed E-state index contributed by atoms with van der Waals surface area (Å²) in [5.41, 5.74) is 5.06. The van der Waals surface area contributed by atoms with Crippen molar-refractivity contribution in [3.8, 4) is 0 Å². The third-order valence-corrected chi connectivity index (χ3v) is 5.26. The average Bonchev–Trinajstić information content (AvgIpc) is 3.20. The van der Waals surface area contributed by atoms with Gasteiger partial charge in [-0.1, -0.05) is 54.6 Å². The van der Waals surface area contributed by atoms with E-state index in [0.29, 0.717) is 25.2 Å². The van der Waals surface area contributed by atoms with E-state index in [1.165, 1.54) is 16.7 Å². The molecule has 0 fully saturated rings. The van der Waals surface area contributed by atoms with Gasteiger partial charge < -0.3 is 15.5 Å². The van der Waals surface area contributed by atoms with Crippen molar-refractivity contribution in [1.29, 1.82) is 0 Å². The molecule has 2 N–H and O–H groups in total. The summed E-state index contributed by atoms with van der Waals surface area (Å²) < 4.78 is 0. The van der Waals surface area contributed by atoms with Crippen LogP contribution in [0.2, 0.25) is 0 Å². The number of benzene rings is 3. The number of anilines is 2. The molecule has 152 valence electrons. The number of fused-ring (bicyclic) bond motifs is 1. The zero-order chi connectivity index (χ0) is 20.8. The number of hydrogen-bond acceptors (Lipinski definition) is 2. The van der Waals surface area contributed by atoms with Crippen molar-refractivity contribution in [2.24, 2.45) is 0 Å². The van der Waals surface area contributed by atoms with Crippen molar-refractivity contribution in [2.75, 3.05) is 10.6 Å². The molecule has 3 aromatic rings. The summed E-state index contributed by atoms with van der Waals surface area (Å²) in [6, 6.07) is 25.4. The Bertz CT molecular complexity index is 991. The molecule has 0 bridgehead atoms. The van der Waals surface area contributed by atoms with E-state index in [0.717, 1.165) is 18.5 Å². The maximum atomic E-state index is 12.5. The Morgan fingerprint density at radius 2 is 1.30 bits per heavy atom. The van der Waals surface area contributed by atoms with Gasteiger partial charge in [-0.3, -0.25) is 4.79 Å². The largest absolute Gasteiger partial charge is 0.326 e. The number of urea groups is 1. The van der Waals surface area contributed by atoms with Crippen LogP contribution in [0.25, 0.3) is 0 Å². The summed E-state index contributed by atoms with van der Waals surface area (Å²) in [7, 11) is 0. The Morgan fingerprint density at radius 1 is 0.733 bits per heavy atom. The number of nitrogens with one attached hydrogen (secondary N) is 2. The Balaban J connectivity index is 1.23. The highest BCUT2D eigenvalue weighted by Crippen LogP contribution is 2.23. The first-order valence-corrected chi connectivity index (χ1v) is 10.2. The van der Waals surface area contributed by atoms with E-state index < -0.39 is 0 Å². The first kappa shape index (κ1) is 19.7. The van der Waals surface area contributed by atoms with Crippen molar-refractivity contribution in [1.82, 2.24) is 4.90 Å². The molecule has 0 spiro atoms. The van der Waals surface area contributed by atoms with E-state index in [2.05, 4.69) is 34.9 Å². The average molecular weight is 399 g/mol. The lowest BCUT2D eigenvalue weighted by molar-refractivity contribution is -0.116. The van der Waals surface area contributed by atoms with Gasteiger partial charge in [-0.05, 0) is 53.8 Å². The lowest BCUT2D eigenvalue weighted by atomic mass is 10.1. The quantitative estimate of drug-likeness (QED) is 0.599. The van der Waals surface area contributed by atoms with Crippen molar-refractivity contribution >= 4 is 23.3 Å². The van der Waals surface area contributed by atoms with E-state index >= 15 is 0 Å². The van der Waals surface area contributed by atoms with Crippen LogP contribution in [-0.2, 0) is 24.3 Å². The summed E-state index contributed by atoms with van der Waals surface area (Å²) in [5.74, 6) is -0.00227. The summed E-state index contributed by atoms with van der Waals surface area (Å²) in [5, 5.41) is 5.84. The van der Waals surface area contributed by atoms with Gasteiger partial charge in [0.25, 0.3) is 0 Å². The Labute approximate surface area is 176 Å². The topological polar surface area (TPSA) is 61.4 Å². The molecule has 4 rings (SSSR count). The van der Waals surface area contributed by atoms with Crippen LogP contribution in [0.3, 0.4) is 0 Å². The molecule has 1 aliphatic rings. The lowest BCUT2D eigenvalue weighted by Gasteiger charge is -2.16. The second-order valence-electron chi connectivity index (χ2n) is 7.52. The van der Waals surface area contributed by atoms with Gasteiger partial charge in [0, 0.05) is 30.9 Å². The van der Waals surface area contributed by atoms with E-state index in [-0.39, 0.29) is 11.9 Å². The summed E-state index contributed by atoms with van der Waals surface area (Å²) >= 11 is 0. The van der Waals surface area contributed by atoms with Gasteiger partial charge in [0.15, 0.2) is 0 Å². The zero-order valence-corrected chi connectivity index (χ0v) is 16.8. The molecule has 30 heavy (non-hydrogen) atoms. The van der Waals surface area contributed by atoms with Gasteiger partial charge >= 0.3 is 6.03 Å². The fourth-order valence-corrected chi connectivity index (χ4v) is 3.64. The molecule has 0 aromatic heterocycles. The van der Waals surface area contributed by atoms with Gasteiger partial charge in [0.2, 0.25) is 5.91 Å². The Morgan fingerprint density at radius 3 is 1.93 bits per heavy atom. The van der Waals surface area contributed by atoms with Crippen LogP contribution in [-0.4, -0.2) is 16.8 Å². The molecule has 5 heteroatoms. The van der Waals surface area contributed by atoms with Gasteiger partial charge in [-0.2, -0.15) is 0 Å². The third kappa shape index (κ3) is 5.06. The van der Waals surface area contributed by atoms with E-state index in [9.17, 15) is 9.59 Å².